The zero-order valence-electron chi connectivity index (χ0n) is 15.2. The van der Waals surface area contributed by atoms with Crippen molar-refractivity contribution >= 4 is 23.0 Å². The molecule has 3 heteroatoms. The highest BCUT2D eigenvalue weighted by atomic mass is 16.5. The van der Waals surface area contributed by atoms with E-state index in [-0.39, 0.29) is 5.97 Å². The molecule has 0 aliphatic rings. The Morgan fingerprint density at radius 1 is 0.536 bits per heavy atom. The van der Waals surface area contributed by atoms with Crippen molar-refractivity contribution in [2.75, 3.05) is 4.90 Å². The number of benzene rings is 4. The highest BCUT2D eigenvalue weighted by Crippen LogP contribution is 2.34. The van der Waals surface area contributed by atoms with Gasteiger partial charge in [0.2, 0.25) is 0 Å². The van der Waals surface area contributed by atoms with Crippen LogP contribution < -0.4 is 9.64 Å². The third kappa shape index (κ3) is 3.94. The molecular formula is C25H19NO2. The van der Waals surface area contributed by atoms with Gasteiger partial charge in [-0.2, -0.15) is 0 Å². The standard InChI is InChI=1S/C25H19NO2/c27-25(28-24-14-8-3-9-15-24)20-16-18-23(19-17-20)26(21-10-4-1-5-11-21)22-12-6-2-7-13-22/h1-19H. The lowest BCUT2D eigenvalue weighted by Crippen LogP contribution is -2.11. The number of rotatable bonds is 5. The number of ether oxygens (including phenoxy) is 1. The van der Waals surface area contributed by atoms with E-state index < -0.39 is 0 Å². The van der Waals surface area contributed by atoms with Gasteiger partial charge in [0.15, 0.2) is 0 Å². The molecule has 0 unspecified atom stereocenters. The Kier molecular flexibility index (Phi) is 5.16. The van der Waals surface area contributed by atoms with Crippen molar-refractivity contribution < 1.29 is 9.53 Å². The third-order valence-electron chi connectivity index (χ3n) is 4.34. The first-order valence-corrected chi connectivity index (χ1v) is 9.09. The summed E-state index contributed by atoms with van der Waals surface area (Å²) >= 11 is 0. The second kappa shape index (κ2) is 8.23. The average molecular weight is 365 g/mol. The molecule has 0 saturated heterocycles. The predicted octanol–water partition coefficient (Wildman–Crippen LogP) is 6.38. The first kappa shape index (κ1) is 17.6. The first-order valence-electron chi connectivity index (χ1n) is 9.09. The summed E-state index contributed by atoms with van der Waals surface area (Å²) in [6.07, 6.45) is 0. The molecule has 0 amide bonds. The lowest BCUT2D eigenvalue weighted by atomic mass is 10.1. The van der Waals surface area contributed by atoms with Gasteiger partial charge in [0.1, 0.15) is 5.75 Å². The summed E-state index contributed by atoms with van der Waals surface area (Å²) in [5.41, 5.74) is 3.57. The zero-order valence-corrected chi connectivity index (χ0v) is 15.2. The lowest BCUT2D eigenvalue weighted by molar-refractivity contribution is 0.0735. The molecular weight excluding hydrogens is 346 g/mol. The minimum Gasteiger partial charge on any atom is -0.423 e. The van der Waals surface area contributed by atoms with Crippen LogP contribution in [0.5, 0.6) is 5.75 Å². The maximum atomic E-state index is 12.4. The normalized spacial score (nSPS) is 10.3. The number of nitrogens with zero attached hydrogens (tertiary/aromatic N) is 1. The molecule has 0 aliphatic heterocycles. The Labute approximate surface area is 164 Å². The van der Waals surface area contributed by atoms with Gasteiger partial charge in [0.05, 0.1) is 5.56 Å². The fraction of sp³-hybridized carbons (Fsp3) is 0. The fourth-order valence-electron chi connectivity index (χ4n) is 3.00. The van der Waals surface area contributed by atoms with Gasteiger partial charge < -0.3 is 9.64 Å². The largest absolute Gasteiger partial charge is 0.423 e. The van der Waals surface area contributed by atoms with Crippen LogP contribution in [0.4, 0.5) is 17.1 Å². The number of anilines is 3. The Hall–Kier alpha value is -3.85. The molecule has 4 rings (SSSR count). The maximum absolute atomic E-state index is 12.4. The van der Waals surface area contributed by atoms with Crippen LogP contribution in [-0.4, -0.2) is 5.97 Å². The summed E-state index contributed by atoms with van der Waals surface area (Å²) in [4.78, 5) is 14.5. The van der Waals surface area contributed by atoms with Crippen LogP contribution in [0.2, 0.25) is 0 Å². The van der Waals surface area contributed by atoms with Gasteiger partial charge in [0.25, 0.3) is 0 Å². The van der Waals surface area contributed by atoms with Gasteiger partial charge in [-0.25, -0.2) is 4.79 Å². The quantitative estimate of drug-likeness (QED) is 0.304. The summed E-state index contributed by atoms with van der Waals surface area (Å²) in [7, 11) is 0. The van der Waals surface area contributed by atoms with Crippen molar-refractivity contribution in [2.24, 2.45) is 0 Å². The van der Waals surface area contributed by atoms with Crippen LogP contribution in [0.3, 0.4) is 0 Å². The summed E-state index contributed by atoms with van der Waals surface area (Å²) in [6.45, 7) is 0. The molecule has 4 aromatic rings. The molecule has 0 fully saturated rings. The SMILES string of the molecule is O=C(Oc1ccccc1)c1ccc(N(c2ccccc2)c2ccccc2)cc1. The number of para-hydroxylation sites is 3. The van der Waals surface area contributed by atoms with E-state index in [0.29, 0.717) is 11.3 Å². The minimum absolute atomic E-state index is 0.372. The van der Waals surface area contributed by atoms with E-state index in [1.54, 1.807) is 24.3 Å². The molecule has 0 radical (unpaired) electrons. The van der Waals surface area contributed by atoms with E-state index in [1.165, 1.54) is 0 Å². The van der Waals surface area contributed by atoms with Crippen molar-refractivity contribution in [3.63, 3.8) is 0 Å². The highest BCUT2D eigenvalue weighted by molar-refractivity contribution is 5.92. The summed E-state index contributed by atoms with van der Waals surface area (Å²) < 4.78 is 5.42. The predicted molar refractivity (Wildman–Crippen MR) is 113 cm³/mol. The van der Waals surface area contributed by atoms with Gasteiger partial charge in [-0.3, -0.25) is 0 Å². The van der Waals surface area contributed by atoms with Crippen LogP contribution >= 0.6 is 0 Å². The molecule has 0 spiro atoms. The third-order valence-corrected chi connectivity index (χ3v) is 4.34. The second-order valence-electron chi connectivity index (χ2n) is 6.26. The molecule has 0 N–H and O–H groups in total. The van der Waals surface area contributed by atoms with Crippen LogP contribution in [0.15, 0.2) is 115 Å². The van der Waals surface area contributed by atoms with E-state index in [4.69, 9.17) is 4.74 Å². The van der Waals surface area contributed by atoms with Crippen LogP contribution in [0, 0.1) is 0 Å². The highest BCUT2D eigenvalue weighted by Gasteiger charge is 2.13. The number of hydrogen-bond acceptors (Lipinski definition) is 3. The average Bonchev–Trinajstić information content (AvgIpc) is 2.77. The Morgan fingerprint density at radius 2 is 0.964 bits per heavy atom. The summed E-state index contributed by atoms with van der Waals surface area (Å²) in [5, 5.41) is 0. The van der Waals surface area contributed by atoms with Crippen LogP contribution in [-0.2, 0) is 0 Å². The molecule has 0 saturated carbocycles. The lowest BCUT2D eigenvalue weighted by Gasteiger charge is -2.25. The van der Waals surface area contributed by atoms with E-state index in [2.05, 4.69) is 29.2 Å². The Balaban J connectivity index is 1.62. The van der Waals surface area contributed by atoms with E-state index in [1.807, 2.05) is 66.7 Å². The van der Waals surface area contributed by atoms with Crippen molar-refractivity contribution in [1.82, 2.24) is 0 Å². The van der Waals surface area contributed by atoms with Gasteiger partial charge in [0, 0.05) is 17.1 Å². The van der Waals surface area contributed by atoms with Gasteiger partial charge in [-0.15, -0.1) is 0 Å². The van der Waals surface area contributed by atoms with Crippen molar-refractivity contribution in [2.45, 2.75) is 0 Å². The van der Waals surface area contributed by atoms with Crippen molar-refractivity contribution in [1.29, 1.82) is 0 Å². The molecule has 0 bridgehead atoms. The Morgan fingerprint density at radius 3 is 1.46 bits per heavy atom. The molecule has 0 aliphatic carbocycles. The van der Waals surface area contributed by atoms with Crippen molar-refractivity contribution in [3.8, 4) is 5.75 Å². The van der Waals surface area contributed by atoms with E-state index >= 15 is 0 Å². The maximum Gasteiger partial charge on any atom is 0.343 e. The topological polar surface area (TPSA) is 29.5 Å². The smallest absolute Gasteiger partial charge is 0.343 e. The molecule has 3 nitrogen and oxygen atoms in total. The first-order chi connectivity index (χ1) is 13.8. The van der Waals surface area contributed by atoms with Gasteiger partial charge in [-0.05, 0) is 60.7 Å². The monoisotopic (exact) mass is 365 g/mol. The molecule has 0 atom stereocenters. The number of carbonyl (C=O) groups excluding carboxylic acids is 1. The summed E-state index contributed by atoms with van der Waals surface area (Å²) in [5.74, 6) is 0.162. The van der Waals surface area contributed by atoms with Crippen LogP contribution in [0.25, 0.3) is 0 Å². The zero-order chi connectivity index (χ0) is 19.2. The number of esters is 1. The minimum atomic E-state index is -0.372. The van der Waals surface area contributed by atoms with Crippen molar-refractivity contribution in [3.05, 3.63) is 121 Å². The van der Waals surface area contributed by atoms with Gasteiger partial charge in [-0.1, -0.05) is 54.6 Å². The van der Waals surface area contributed by atoms with Crippen LogP contribution in [0.1, 0.15) is 10.4 Å². The van der Waals surface area contributed by atoms with E-state index in [9.17, 15) is 4.79 Å². The molecule has 4 aromatic carbocycles. The molecule has 0 aromatic heterocycles. The summed E-state index contributed by atoms with van der Waals surface area (Å²) in [6, 6.07) is 36.8. The Bertz CT molecular complexity index is 991. The number of carbonyl (C=O) groups is 1. The molecule has 0 heterocycles. The molecule has 136 valence electrons. The second-order valence-corrected chi connectivity index (χ2v) is 6.26. The fourth-order valence-corrected chi connectivity index (χ4v) is 3.00. The van der Waals surface area contributed by atoms with E-state index in [0.717, 1.165) is 17.1 Å². The number of hydrogen-bond donors (Lipinski definition) is 0. The molecule has 28 heavy (non-hydrogen) atoms. The van der Waals surface area contributed by atoms with Gasteiger partial charge >= 0.3 is 5.97 Å².